The zero-order valence-electron chi connectivity index (χ0n) is 14.6. The highest BCUT2D eigenvalue weighted by atomic mass is 16.6. The van der Waals surface area contributed by atoms with Crippen LogP contribution in [-0.2, 0) is 14.3 Å². The lowest BCUT2D eigenvalue weighted by Crippen LogP contribution is -2.46. The molecular weight excluding hydrogens is 312 g/mol. The summed E-state index contributed by atoms with van der Waals surface area (Å²) in [6.45, 7) is 8.79. The van der Waals surface area contributed by atoms with Gasteiger partial charge in [-0.25, -0.2) is 9.59 Å². The molecule has 7 heteroatoms. The number of esters is 1. The normalized spacial score (nSPS) is 11.8. The Labute approximate surface area is 141 Å². The third-order valence-electron chi connectivity index (χ3n) is 3.31. The number of imide groups is 1. The molecule has 132 valence electrons. The smallest absolute Gasteiger partial charge is 0.344 e. The number of benzene rings is 1. The van der Waals surface area contributed by atoms with E-state index in [0.717, 1.165) is 16.7 Å². The molecule has 0 aliphatic rings. The fourth-order valence-electron chi connectivity index (χ4n) is 2.39. The molecule has 0 spiro atoms. The number of primary amides is 1. The summed E-state index contributed by atoms with van der Waals surface area (Å²) in [5.41, 5.74) is 7.82. The Bertz CT molecular complexity index is 617. The van der Waals surface area contributed by atoms with Crippen molar-refractivity contribution in [2.24, 2.45) is 11.7 Å². The molecule has 0 saturated carbocycles. The summed E-state index contributed by atoms with van der Waals surface area (Å²) in [5.74, 6) is -1.17. The van der Waals surface area contributed by atoms with Crippen LogP contribution >= 0.6 is 0 Å². The molecule has 0 saturated heterocycles. The minimum absolute atomic E-state index is 0.323. The molecule has 0 fully saturated rings. The number of ether oxygens (including phenoxy) is 2. The molecule has 1 atom stereocenters. The van der Waals surface area contributed by atoms with Crippen molar-refractivity contribution in [3.05, 3.63) is 28.8 Å². The van der Waals surface area contributed by atoms with Crippen LogP contribution in [0.2, 0.25) is 0 Å². The van der Waals surface area contributed by atoms with Crippen LogP contribution in [0.3, 0.4) is 0 Å². The second kappa shape index (κ2) is 8.33. The molecule has 7 nitrogen and oxygen atoms in total. The van der Waals surface area contributed by atoms with Crippen LogP contribution in [0.5, 0.6) is 5.75 Å². The summed E-state index contributed by atoms with van der Waals surface area (Å²) in [7, 11) is 0. The van der Waals surface area contributed by atoms with Gasteiger partial charge in [-0.2, -0.15) is 0 Å². The van der Waals surface area contributed by atoms with E-state index >= 15 is 0 Å². The summed E-state index contributed by atoms with van der Waals surface area (Å²) in [4.78, 5) is 34.5. The van der Waals surface area contributed by atoms with Gasteiger partial charge in [0, 0.05) is 0 Å². The summed E-state index contributed by atoms with van der Waals surface area (Å²) < 4.78 is 10.6. The van der Waals surface area contributed by atoms with E-state index in [1.165, 1.54) is 0 Å². The van der Waals surface area contributed by atoms with E-state index < -0.39 is 24.0 Å². The first kappa shape index (κ1) is 19.5. The van der Waals surface area contributed by atoms with Crippen molar-refractivity contribution >= 4 is 17.9 Å². The van der Waals surface area contributed by atoms with Gasteiger partial charge in [0.2, 0.25) is 0 Å². The van der Waals surface area contributed by atoms with Crippen LogP contribution in [0.1, 0.15) is 30.5 Å². The van der Waals surface area contributed by atoms with Crippen molar-refractivity contribution in [2.45, 2.75) is 40.7 Å². The number of rotatable bonds is 6. The molecule has 0 unspecified atom stereocenters. The summed E-state index contributed by atoms with van der Waals surface area (Å²) >= 11 is 0. The second-order valence-electron chi connectivity index (χ2n) is 6.02. The van der Waals surface area contributed by atoms with Crippen molar-refractivity contribution in [2.75, 3.05) is 6.61 Å². The molecule has 3 amide bonds. The molecule has 3 N–H and O–H groups in total. The van der Waals surface area contributed by atoms with Crippen LogP contribution in [0.25, 0.3) is 0 Å². The van der Waals surface area contributed by atoms with Crippen LogP contribution < -0.4 is 15.8 Å². The fourth-order valence-corrected chi connectivity index (χ4v) is 2.39. The molecule has 1 aromatic rings. The lowest BCUT2D eigenvalue weighted by Gasteiger charge is -2.20. The molecule has 24 heavy (non-hydrogen) atoms. The number of carbonyl (C=O) groups excluding carboxylic acids is 3. The summed E-state index contributed by atoms with van der Waals surface area (Å²) in [6, 6.07) is 2.90. The Morgan fingerprint density at radius 1 is 1.12 bits per heavy atom. The minimum atomic E-state index is -1.12. The van der Waals surface area contributed by atoms with Gasteiger partial charge in [0.05, 0.1) is 0 Å². The van der Waals surface area contributed by atoms with Gasteiger partial charge in [-0.05, 0) is 37.8 Å². The van der Waals surface area contributed by atoms with E-state index in [0.29, 0.717) is 5.75 Å². The Hall–Kier alpha value is -2.57. The number of hydrogen-bond acceptors (Lipinski definition) is 5. The molecule has 1 aromatic carbocycles. The van der Waals surface area contributed by atoms with E-state index in [1.54, 1.807) is 13.8 Å². The number of aryl methyl sites for hydroxylation is 3. The van der Waals surface area contributed by atoms with Gasteiger partial charge in [0.15, 0.2) is 12.7 Å². The van der Waals surface area contributed by atoms with Crippen LogP contribution in [0.4, 0.5) is 4.79 Å². The van der Waals surface area contributed by atoms with E-state index in [2.05, 4.69) is 0 Å². The highest BCUT2D eigenvalue weighted by Crippen LogP contribution is 2.24. The Balaban J connectivity index is 2.71. The molecule has 0 bridgehead atoms. The Kier molecular flexibility index (Phi) is 6.76. The van der Waals surface area contributed by atoms with Crippen molar-refractivity contribution in [1.29, 1.82) is 0 Å². The van der Waals surface area contributed by atoms with Gasteiger partial charge in [0.25, 0.3) is 5.91 Å². The average molecular weight is 336 g/mol. The molecule has 1 rings (SSSR count). The van der Waals surface area contributed by atoms with Gasteiger partial charge in [-0.3, -0.25) is 10.1 Å². The van der Waals surface area contributed by atoms with E-state index in [-0.39, 0.29) is 12.5 Å². The number of nitrogens with two attached hydrogens (primary N) is 1. The van der Waals surface area contributed by atoms with E-state index in [1.807, 2.05) is 38.2 Å². The SMILES string of the molecule is Cc1cc(C)c(OCC(=O)O[C@@H](C(=O)NC(N)=O)C(C)C)c(C)c1. The first-order valence-corrected chi connectivity index (χ1v) is 7.62. The van der Waals surface area contributed by atoms with Gasteiger partial charge in [0.1, 0.15) is 5.75 Å². The highest BCUT2D eigenvalue weighted by molar-refractivity contribution is 5.96. The predicted molar refractivity (Wildman–Crippen MR) is 88.6 cm³/mol. The number of urea groups is 1. The lowest BCUT2D eigenvalue weighted by molar-refractivity contribution is -0.160. The van der Waals surface area contributed by atoms with E-state index in [4.69, 9.17) is 15.2 Å². The third-order valence-corrected chi connectivity index (χ3v) is 3.31. The molecule has 0 aromatic heterocycles. The highest BCUT2D eigenvalue weighted by Gasteiger charge is 2.27. The second-order valence-corrected chi connectivity index (χ2v) is 6.02. The number of amides is 3. The quantitative estimate of drug-likeness (QED) is 0.770. The Morgan fingerprint density at radius 2 is 1.67 bits per heavy atom. The monoisotopic (exact) mass is 336 g/mol. The van der Waals surface area contributed by atoms with Crippen LogP contribution in [0.15, 0.2) is 12.1 Å². The summed E-state index contributed by atoms with van der Waals surface area (Å²) in [6.07, 6.45) is -1.12. The standard InChI is InChI=1S/C17H24N2O5/c1-9(2)14(16(21)19-17(18)22)24-13(20)8-23-15-11(4)6-10(3)7-12(15)5/h6-7,9,14H,8H2,1-5H3,(H3,18,19,21,22)/t14-/m1/s1. The number of carbonyl (C=O) groups is 3. The number of nitrogens with one attached hydrogen (secondary N) is 1. The molecule has 0 heterocycles. The van der Waals surface area contributed by atoms with E-state index in [9.17, 15) is 14.4 Å². The van der Waals surface area contributed by atoms with Gasteiger partial charge in [-0.1, -0.05) is 31.5 Å². The minimum Gasteiger partial charge on any atom is -0.481 e. The number of hydrogen-bond donors (Lipinski definition) is 2. The van der Waals surface area contributed by atoms with Crippen LogP contribution in [-0.4, -0.2) is 30.6 Å². The predicted octanol–water partition coefficient (Wildman–Crippen LogP) is 1.75. The van der Waals surface area contributed by atoms with Gasteiger partial charge in [-0.15, -0.1) is 0 Å². The van der Waals surface area contributed by atoms with Crippen molar-refractivity contribution in [3.8, 4) is 5.75 Å². The maximum Gasteiger partial charge on any atom is 0.344 e. The largest absolute Gasteiger partial charge is 0.481 e. The van der Waals surface area contributed by atoms with Crippen molar-refractivity contribution in [3.63, 3.8) is 0 Å². The zero-order chi connectivity index (χ0) is 18.4. The molecule has 0 radical (unpaired) electrons. The Morgan fingerprint density at radius 3 is 2.12 bits per heavy atom. The summed E-state index contributed by atoms with van der Waals surface area (Å²) in [5, 5.41) is 1.91. The molecular formula is C17H24N2O5. The first-order valence-electron chi connectivity index (χ1n) is 7.62. The first-order chi connectivity index (χ1) is 11.1. The van der Waals surface area contributed by atoms with Gasteiger partial charge < -0.3 is 15.2 Å². The molecule has 0 aliphatic carbocycles. The zero-order valence-corrected chi connectivity index (χ0v) is 14.6. The maximum atomic E-state index is 12.0. The maximum absolute atomic E-state index is 12.0. The van der Waals surface area contributed by atoms with Crippen LogP contribution in [0, 0.1) is 26.7 Å². The van der Waals surface area contributed by atoms with Crippen molar-refractivity contribution < 1.29 is 23.9 Å². The average Bonchev–Trinajstić information content (AvgIpc) is 2.42. The van der Waals surface area contributed by atoms with Crippen molar-refractivity contribution in [1.82, 2.24) is 5.32 Å². The fraction of sp³-hybridized carbons (Fsp3) is 0.471. The molecule has 0 aliphatic heterocycles. The van der Waals surface area contributed by atoms with Gasteiger partial charge >= 0.3 is 12.0 Å². The lowest BCUT2D eigenvalue weighted by atomic mass is 10.1. The topological polar surface area (TPSA) is 108 Å². The third kappa shape index (κ3) is 5.57.